The molecule has 0 bridgehead atoms. The van der Waals surface area contributed by atoms with Crippen LogP contribution in [0.3, 0.4) is 0 Å². The molecule has 1 aliphatic rings. The molecule has 36 heavy (non-hydrogen) atoms. The second kappa shape index (κ2) is 8.19. The highest BCUT2D eigenvalue weighted by Crippen LogP contribution is 2.32. The minimum absolute atomic E-state index is 0.0203. The van der Waals surface area contributed by atoms with Crippen molar-refractivity contribution in [2.75, 3.05) is 4.72 Å². The van der Waals surface area contributed by atoms with E-state index in [4.69, 9.17) is 0 Å². The van der Waals surface area contributed by atoms with Gasteiger partial charge in [-0.15, -0.1) is 0 Å². The molecule has 6 rings (SSSR count). The van der Waals surface area contributed by atoms with Gasteiger partial charge in [0.1, 0.15) is 35.1 Å². The number of fused-ring (bicyclic) bond motifs is 1. The third kappa shape index (κ3) is 4.09. The highest BCUT2D eigenvalue weighted by molar-refractivity contribution is 7.93. The van der Waals surface area contributed by atoms with Crippen LogP contribution < -0.4 is 4.72 Å². The molecule has 1 fully saturated rings. The second-order valence-electron chi connectivity index (χ2n) is 8.65. The van der Waals surface area contributed by atoms with Crippen LogP contribution in [0.1, 0.15) is 12.8 Å². The molecule has 4 heterocycles. The van der Waals surface area contributed by atoms with Crippen molar-refractivity contribution in [2.45, 2.75) is 18.1 Å². The van der Waals surface area contributed by atoms with Crippen LogP contribution in [0, 0.1) is 11.6 Å². The van der Waals surface area contributed by atoms with Crippen LogP contribution in [0.15, 0.2) is 61.3 Å². The summed E-state index contributed by atoms with van der Waals surface area (Å²) in [6, 6.07) is 8.07. The molecule has 0 unspecified atom stereocenters. The van der Waals surface area contributed by atoms with E-state index in [-0.39, 0.29) is 17.2 Å². The van der Waals surface area contributed by atoms with Crippen LogP contribution in [-0.2, 0) is 17.1 Å². The molecule has 0 amide bonds. The summed E-state index contributed by atoms with van der Waals surface area (Å²) < 4.78 is 59.1. The van der Waals surface area contributed by atoms with Gasteiger partial charge in [0.2, 0.25) is 10.0 Å². The Bertz CT molecular complexity index is 1740. The van der Waals surface area contributed by atoms with Gasteiger partial charge in [0.15, 0.2) is 5.65 Å². The number of nitrogens with zero attached hydrogens (tertiary/aromatic N) is 6. The van der Waals surface area contributed by atoms with Crippen molar-refractivity contribution in [1.29, 1.82) is 0 Å². The van der Waals surface area contributed by atoms with E-state index in [1.165, 1.54) is 18.5 Å². The van der Waals surface area contributed by atoms with Gasteiger partial charge in [-0.25, -0.2) is 32.2 Å². The fourth-order valence-electron chi connectivity index (χ4n) is 3.98. The molecular formula is C24H19F2N7O2S. The average Bonchev–Trinajstić information content (AvgIpc) is 3.49. The van der Waals surface area contributed by atoms with Crippen LogP contribution in [0.4, 0.5) is 14.6 Å². The third-order valence-corrected chi connectivity index (χ3v) is 7.78. The van der Waals surface area contributed by atoms with Gasteiger partial charge in [-0.2, -0.15) is 5.10 Å². The van der Waals surface area contributed by atoms with E-state index in [2.05, 4.69) is 24.8 Å². The number of imidazole rings is 1. The second-order valence-corrected chi connectivity index (χ2v) is 10.6. The van der Waals surface area contributed by atoms with Crippen molar-refractivity contribution in [3.8, 4) is 28.1 Å². The molecule has 1 N–H and O–H groups in total. The van der Waals surface area contributed by atoms with Gasteiger partial charge < -0.3 is 0 Å². The first-order valence-corrected chi connectivity index (χ1v) is 12.6. The number of hydrogen-bond acceptors (Lipinski definition) is 6. The molecular weight excluding hydrogens is 488 g/mol. The van der Waals surface area contributed by atoms with Crippen LogP contribution in [0.25, 0.3) is 39.2 Å². The number of nitrogens with one attached hydrogen (secondary N) is 1. The Balaban J connectivity index is 1.47. The van der Waals surface area contributed by atoms with Gasteiger partial charge >= 0.3 is 0 Å². The standard InChI is InChI=1S/C24H19F2N7O2S/c1-32-12-16(11-29-32)15-6-21-24(27-10-15)33(13-28-21)23-8-14(19-5-2-17(25)9-20(19)26)7-22(30-23)31-36(34,35)18-3-4-18/h2,5-13,18H,3-4H2,1H3,(H,30,31). The quantitative estimate of drug-likeness (QED) is 0.371. The zero-order chi connectivity index (χ0) is 25.0. The number of hydrogen-bond donors (Lipinski definition) is 1. The predicted molar refractivity (Wildman–Crippen MR) is 130 cm³/mol. The Kier molecular flexibility index (Phi) is 5.07. The predicted octanol–water partition coefficient (Wildman–Crippen LogP) is 4.07. The van der Waals surface area contributed by atoms with Gasteiger partial charge in [0.05, 0.1) is 11.4 Å². The summed E-state index contributed by atoms with van der Waals surface area (Å²) in [7, 11) is -1.81. The van der Waals surface area contributed by atoms with E-state index >= 15 is 0 Å². The number of sulfonamides is 1. The molecule has 1 aromatic carbocycles. The molecule has 9 nitrogen and oxygen atoms in total. The maximum absolute atomic E-state index is 14.6. The third-order valence-electron chi connectivity index (χ3n) is 5.94. The first kappa shape index (κ1) is 22.3. The molecule has 12 heteroatoms. The summed E-state index contributed by atoms with van der Waals surface area (Å²) in [5.41, 5.74) is 3.18. The average molecular weight is 508 g/mol. The number of aromatic nitrogens is 6. The summed E-state index contributed by atoms with van der Waals surface area (Å²) in [6.07, 6.45) is 7.92. The maximum Gasteiger partial charge on any atom is 0.236 e. The lowest BCUT2D eigenvalue weighted by Crippen LogP contribution is -2.18. The summed E-state index contributed by atoms with van der Waals surface area (Å²) in [5.74, 6) is -1.20. The van der Waals surface area contributed by atoms with Gasteiger partial charge in [-0.3, -0.25) is 14.0 Å². The van der Waals surface area contributed by atoms with Crippen molar-refractivity contribution < 1.29 is 17.2 Å². The molecule has 1 saturated carbocycles. The topological polar surface area (TPSA) is 108 Å². The molecule has 182 valence electrons. The van der Waals surface area contributed by atoms with Crippen molar-refractivity contribution in [2.24, 2.45) is 7.05 Å². The first-order chi connectivity index (χ1) is 17.3. The fraction of sp³-hybridized carbons (Fsp3) is 0.167. The molecule has 0 aliphatic heterocycles. The maximum atomic E-state index is 14.6. The largest absolute Gasteiger partial charge is 0.275 e. The summed E-state index contributed by atoms with van der Waals surface area (Å²) in [6.45, 7) is 0. The first-order valence-electron chi connectivity index (χ1n) is 11.1. The van der Waals surface area contributed by atoms with Crippen molar-refractivity contribution in [1.82, 2.24) is 29.3 Å². The summed E-state index contributed by atoms with van der Waals surface area (Å²) >= 11 is 0. The summed E-state index contributed by atoms with van der Waals surface area (Å²) in [4.78, 5) is 13.4. The van der Waals surface area contributed by atoms with Gasteiger partial charge in [-0.1, -0.05) is 0 Å². The number of pyridine rings is 2. The Morgan fingerprint density at radius 2 is 1.83 bits per heavy atom. The highest BCUT2D eigenvalue weighted by Gasteiger charge is 2.36. The van der Waals surface area contributed by atoms with Crippen molar-refractivity contribution in [3.63, 3.8) is 0 Å². The number of benzene rings is 1. The van der Waals surface area contributed by atoms with E-state index in [1.54, 1.807) is 27.7 Å². The normalized spacial score (nSPS) is 13.9. The van der Waals surface area contributed by atoms with E-state index in [1.807, 2.05) is 19.3 Å². The highest BCUT2D eigenvalue weighted by atomic mass is 32.2. The van der Waals surface area contributed by atoms with Crippen molar-refractivity contribution >= 4 is 27.0 Å². The number of rotatable bonds is 6. The lowest BCUT2D eigenvalue weighted by molar-refractivity contribution is 0.585. The molecule has 0 atom stereocenters. The lowest BCUT2D eigenvalue weighted by Gasteiger charge is -2.12. The van der Waals surface area contributed by atoms with E-state index in [9.17, 15) is 17.2 Å². The molecule has 1 aliphatic carbocycles. The van der Waals surface area contributed by atoms with E-state index in [0.29, 0.717) is 29.6 Å². The monoisotopic (exact) mass is 507 g/mol. The van der Waals surface area contributed by atoms with Crippen LogP contribution in [0.5, 0.6) is 0 Å². The van der Waals surface area contributed by atoms with Crippen LogP contribution in [0.2, 0.25) is 0 Å². The zero-order valence-electron chi connectivity index (χ0n) is 18.9. The number of aryl methyl sites for hydroxylation is 1. The lowest BCUT2D eigenvalue weighted by atomic mass is 10.1. The van der Waals surface area contributed by atoms with E-state index < -0.39 is 26.9 Å². The Hall–Kier alpha value is -4.19. The molecule has 5 aromatic rings. The Labute approximate surface area is 204 Å². The fourth-order valence-corrected chi connectivity index (χ4v) is 5.29. The molecule has 0 saturated heterocycles. The number of anilines is 1. The van der Waals surface area contributed by atoms with Gasteiger partial charge in [0.25, 0.3) is 0 Å². The minimum Gasteiger partial charge on any atom is -0.275 e. The molecule has 4 aromatic heterocycles. The molecule has 0 spiro atoms. The Morgan fingerprint density at radius 1 is 1.00 bits per heavy atom. The zero-order valence-corrected chi connectivity index (χ0v) is 19.7. The van der Waals surface area contributed by atoms with E-state index in [0.717, 1.165) is 23.3 Å². The SMILES string of the molecule is Cn1cc(-c2cnc3c(c2)ncn3-c2cc(-c3ccc(F)cc3F)cc(NS(=O)(=O)C3CC3)n2)cn1. The van der Waals surface area contributed by atoms with Crippen LogP contribution in [-0.4, -0.2) is 43.0 Å². The van der Waals surface area contributed by atoms with Crippen molar-refractivity contribution in [3.05, 3.63) is 73.0 Å². The molecule has 0 radical (unpaired) electrons. The van der Waals surface area contributed by atoms with Gasteiger partial charge in [0, 0.05) is 42.2 Å². The number of halogens is 2. The summed E-state index contributed by atoms with van der Waals surface area (Å²) in [5, 5.41) is 3.70. The smallest absolute Gasteiger partial charge is 0.236 e. The van der Waals surface area contributed by atoms with Gasteiger partial charge in [-0.05, 0) is 48.7 Å². The Morgan fingerprint density at radius 3 is 2.56 bits per heavy atom. The van der Waals surface area contributed by atoms with Crippen LogP contribution >= 0.6 is 0 Å². The minimum atomic E-state index is -3.63.